The van der Waals surface area contributed by atoms with E-state index in [0.717, 1.165) is 15.6 Å². The van der Waals surface area contributed by atoms with Crippen molar-refractivity contribution in [1.29, 1.82) is 0 Å². The van der Waals surface area contributed by atoms with Crippen LogP contribution in [-0.4, -0.2) is 34.6 Å². The molecule has 2 fully saturated rings. The van der Waals surface area contributed by atoms with E-state index in [4.69, 9.17) is 0 Å². The standard InChI is InChI=1S/C27H19BrN2O3/c28-18-12-10-16(11-13-18)25(31)24-22-21(23-19-9-5-4-8-17(19)14-29-30(23)24)26(32)20(27(22)33)15-6-2-1-3-7-15/h1-14,20-24H/t20-,21-,22-,23-,24-/m1/s1. The van der Waals surface area contributed by atoms with Gasteiger partial charge < -0.3 is 0 Å². The summed E-state index contributed by atoms with van der Waals surface area (Å²) in [6.07, 6.45) is 1.72. The Kier molecular flexibility index (Phi) is 4.66. The fourth-order valence-corrected chi connectivity index (χ4v) is 5.90. The molecular weight excluding hydrogens is 480 g/mol. The van der Waals surface area contributed by atoms with E-state index in [9.17, 15) is 14.4 Å². The lowest BCUT2D eigenvalue weighted by atomic mass is 9.83. The van der Waals surface area contributed by atoms with E-state index < -0.39 is 29.8 Å². The van der Waals surface area contributed by atoms with E-state index in [-0.39, 0.29) is 17.3 Å². The second-order valence-electron chi connectivity index (χ2n) is 8.71. The molecule has 0 amide bonds. The van der Waals surface area contributed by atoms with Gasteiger partial charge in [0.15, 0.2) is 17.3 Å². The Morgan fingerprint density at radius 1 is 0.818 bits per heavy atom. The van der Waals surface area contributed by atoms with Crippen LogP contribution in [0.5, 0.6) is 0 Å². The molecule has 6 rings (SSSR count). The number of ketones is 3. The fourth-order valence-electron chi connectivity index (χ4n) is 5.63. The Bertz CT molecular complexity index is 1320. The van der Waals surface area contributed by atoms with Gasteiger partial charge in [-0.1, -0.05) is 82.7 Å². The van der Waals surface area contributed by atoms with E-state index in [2.05, 4.69) is 21.0 Å². The van der Waals surface area contributed by atoms with Crippen LogP contribution in [0.3, 0.4) is 0 Å². The number of nitrogens with zero attached hydrogens (tertiary/aromatic N) is 2. The molecule has 0 spiro atoms. The van der Waals surface area contributed by atoms with Crippen molar-refractivity contribution in [3.8, 4) is 0 Å². The smallest absolute Gasteiger partial charge is 0.187 e. The van der Waals surface area contributed by atoms with Crippen LogP contribution in [0.2, 0.25) is 0 Å². The highest BCUT2D eigenvalue weighted by molar-refractivity contribution is 9.10. The molecule has 162 valence electrons. The van der Waals surface area contributed by atoms with E-state index in [1.54, 1.807) is 35.5 Å². The lowest BCUT2D eigenvalue weighted by Gasteiger charge is -2.33. The molecule has 0 N–H and O–H groups in total. The first-order valence-corrected chi connectivity index (χ1v) is 11.7. The molecule has 0 bridgehead atoms. The first-order valence-electron chi connectivity index (χ1n) is 10.9. The molecule has 3 aliphatic rings. The lowest BCUT2D eigenvalue weighted by molar-refractivity contribution is -0.126. The minimum absolute atomic E-state index is 0.121. The molecule has 3 aromatic rings. The number of Topliss-reactive ketones (excluding diaryl/α,β-unsaturated/α-hetero) is 3. The number of hydrogen-bond donors (Lipinski definition) is 0. The maximum absolute atomic E-state index is 13.8. The van der Waals surface area contributed by atoms with Gasteiger partial charge in [-0.15, -0.1) is 0 Å². The zero-order valence-electron chi connectivity index (χ0n) is 17.5. The first-order chi connectivity index (χ1) is 16.1. The Morgan fingerprint density at radius 3 is 2.24 bits per heavy atom. The van der Waals surface area contributed by atoms with Crippen LogP contribution in [-0.2, 0) is 9.59 Å². The molecular formula is C27H19BrN2O3. The number of carbonyl (C=O) groups excluding carboxylic acids is 3. The molecule has 2 heterocycles. The Labute approximate surface area is 199 Å². The molecule has 1 saturated heterocycles. The van der Waals surface area contributed by atoms with Gasteiger partial charge in [0.2, 0.25) is 0 Å². The summed E-state index contributed by atoms with van der Waals surface area (Å²) >= 11 is 3.40. The van der Waals surface area contributed by atoms with Crippen LogP contribution in [0.25, 0.3) is 0 Å². The highest BCUT2D eigenvalue weighted by Crippen LogP contribution is 2.55. The van der Waals surface area contributed by atoms with Crippen LogP contribution in [0.4, 0.5) is 0 Å². The van der Waals surface area contributed by atoms with E-state index in [1.807, 2.05) is 54.6 Å². The second-order valence-corrected chi connectivity index (χ2v) is 9.63. The van der Waals surface area contributed by atoms with Gasteiger partial charge in [-0.2, -0.15) is 5.10 Å². The number of benzene rings is 3. The van der Waals surface area contributed by atoms with Crippen molar-refractivity contribution in [3.05, 3.63) is 106 Å². The van der Waals surface area contributed by atoms with Crippen LogP contribution in [0.15, 0.2) is 88.4 Å². The number of rotatable bonds is 3. The quantitative estimate of drug-likeness (QED) is 0.391. The third kappa shape index (κ3) is 2.97. The van der Waals surface area contributed by atoms with Crippen molar-refractivity contribution in [1.82, 2.24) is 5.01 Å². The first kappa shape index (κ1) is 20.2. The molecule has 0 aromatic heterocycles. The summed E-state index contributed by atoms with van der Waals surface area (Å²) < 4.78 is 0.863. The van der Waals surface area contributed by atoms with Crippen molar-refractivity contribution in [3.63, 3.8) is 0 Å². The van der Waals surface area contributed by atoms with Gasteiger partial charge in [-0.3, -0.25) is 19.4 Å². The summed E-state index contributed by atoms with van der Waals surface area (Å²) in [5.74, 6) is -2.70. The van der Waals surface area contributed by atoms with Gasteiger partial charge >= 0.3 is 0 Å². The van der Waals surface area contributed by atoms with Crippen molar-refractivity contribution in [2.45, 2.75) is 18.0 Å². The van der Waals surface area contributed by atoms with E-state index >= 15 is 0 Å². The summed E-state index contributed by atoms with van der Waals surface area (Å²) in [4.78, 5) is 41.4. The van der Waals surface area contributed by atoms with Gasteiger partial charge in [-0.25, -0.2) is 0 Å². The Morgan fingerprint density at radius 2 is 1.48 bits per heavy atom. The monoisotopic (exact) mass is 498 g/mol. The van der Waals surface area contributed by atoms with Crippen LogP contribution in [0.1, 0.15) is 39.0 Å². The number of fused-ring (bicyclic) bond motifs is 5. The molecule has 0 radical (unpaired) electrons. The van der Waals surface area contributed by atoms with Crippen LogP contribution < -0.4 is 0 Å². The highest BCUT2D eigenvalue weighted by Gasteiger charge is 2.65. The van der Waals surface area contributed by atoms with Crippen LogP contribution >= 0.6 is 15.9 Å². The van der Waals surface area contributed by atoms with Gasteiger partial charge in [0.25, 0.3) is 0 Å². The molecule has 6 heteroatoms. The second kappa shape index (κ2) is 7.59. The average molecular weight is 499 g/mol. The van der Waals surface area contributed by atoms with Crippen LogP contribution in [0, 0.1) is 11.8 Å². The van der Waals surface area contributed by atoms with Gasteiger partial charge in [0, 0.05) is 10.0 Å². The normalized spacial score (nSPS) is 27.3. The molecule has 0 unspecified atom stereocenters. The molecule has 3 aromatic carbocycles. The minimum atomic E-state index is -0.846. The van der Waals surface area contributed by atoms with Crippen molar-refractivity contribution in [2.24, 2.45) is 16.9 Å². The summed E-state index contributed by atoms with van der Waals surface area (Å²) in [6.45, 7) is 0. The lowest BCUT2D eigenvalue weighted by Crippen LogP contribution is -2.41. The van der Waals surface area contributed by atoms with E-state index in [1.165, 1.54) is 0 Å². The zero-order chi connectivity index (χ0) is 22.7. The summed E-state index contributed by atoms with van der Waals surface area (Å²) in [7, 11) is 0. The molecule has 33 heavy (non-hydrogen) atoms. The largest absolute Gasteiger partial charge is 0.298 e. The van der Waals surface area contributed by atoms with Crippen molar-refractivity contribution in [2.75, 3.05) is 0 Å². The predicted molar refractivity (Wildman–Crippen MR) is 127 cm³/mol. The number of hydrazone groups is 1. The zero-order valence-corrected chi connectivity index (χ0v) is 19.1. The maximum atomic E-state index is 13.8. The molecule has 1 saturated carbocycles. The summed E-state index contributed by atoms with van der Waals surface area (Å²) in [5.41, 5.74) is 3.04. The molecule has 1 aliphatic carbocycles. The van der Waals surface area contributed by atoms with Gasteiger partial charge in [0.05, 0.1) is 24.1 Å². The predicted octanol–water partition coefficient (Wildman–Crippen LogP) is 4.57. The van der Waals surface area contributed by atoms with Gasteiger partial charge in [0.1, 0.15) is 12.0 Å². The van der Waals surface area contributed by atoms with Gasteiger partial charge in [-0.05, 0) is 28.8 Å². The molecule has 5 nitrogen and oxygen atoms in total. The third-order valence-electron chi connectivity index (χ3n) is 7.04. The minimum Gasteiger partial charge on any atom is -0.298 e. The summed E-state index contributed by atoms with van der Waals surface area (Å²) in [5, 5.41) is 6.31. The SMILES string of the molecule is O=C1[C@@H](c2ccccc2)C(=O)[C@@H]2[C@@H]1[C@H]1c3ccccc3C=NN1[C@H]2C(=O)c1ccc(Br)cc1. The number of hydrogen-bond acceptors (Lipinski definition) is 5. The Hall–Kier alpha value is -3.38. The van der Waals surface area contributed by atoms with Crippen molar-refractivity contribution < 1.29 is 14.4 Å². The topological polar surface area (TPSA) is 66.8 Å². The fraction of sp³-hybridized carbons (Fsp3) is 0.185. The highest BCUT2D eigenvalue weighted by atomic mass is 79.9. The molecule has 5 atom stereocenters. The van der Waals surface area contributed by atoms with Crippen molar-refractivity contribution >= 4 is 39.5 Å². The third-order valence-corrected chi connectivity index (χ3v) is 7.57. The summed E-state index contributed by atoms with van der Waals surface area (Å²) in [6, 6.07) is 22.8. The molecule has 2 aliphatic heterocycles. The van der Waals surface area contributed by atoms with E-state index in [0.29, 0.717) is 11.1 Å². The average Bonchev–Trinajstić information content (AvgIpc) is 3.32. The number of halogens is 1. The number of carbonyl (C=O) groups is 3. The maximum Gasteiger partial charge on any atom is 0.187 e. The Balaban J connectivity index is 1.50.